The van der Waals surface area contributed by atoms with Gasteiger partial charge >= 0.3 is 0 Å². The smallest absolute Gasteiger partial charge is 0.0929 e. The van der Waals surface area contributed by atoms with Gasteiger partial charge in [-0.25, -0.2) is 0 Å². The molecule has 112 valence electrons. The maximum Gasteiger partial charge on any atom is 0.0929 e. The molecule has 2 nitrogen and oxygen atoms in total. The average Bonchev–Trinajstić information content (AvgIpc) is 2.47. The summed E-state index contributed by atoms with van der Waals surface area (Å²) < 4.78 is 0. The number of aliphatic hydroxyl groups excluding tert-OH is 1. The summed E-state index contributed by atoms with van der Waals surface area (Å²) in [5, 5.41) is 14.7. The number of hydrogen-bond acceptors (Lipinski definition) is 2. The third-order valence-corrected chi connectivity index (χ3v) is 4.09. The highest BCUT2D eigenvalue weighted by Gasteiger charge is 2.14. The van der Waals surface area contributed by atoms with Gasteiger partial charge in [-0.2, -0.15) is 0 Å². The van der Waals surface area contributed by atoms with Gasteiger partial charge in [0, 0.05) is 28.2 Å². The Morgan fingerprint density at radius 1 is 1.10 bits per heavy atom. The molecule has 2 rings (SSSR count). The second-order valence-electron chi connectivity index (χ2n) is 5.22. The third kappa shape index (κ3) is 4.45. The summed E-state index contributed by atoms with van der Waals surface area (Å²) in [5.74, 6) is 0. The molecule has 1 unspecified atom stereocenters. The van der Waals surface area contributed by atoms with Gasteiger partial charge in [-0.05, 0) is 37.6 Å². The number of aliphatic hydroxyl groups is 1. The van der Waals surface area contributed by atoms with Gasteiger partial charge in [0.1, 0.15) is 0 Å². The molecular weight excluding hydrogens is 305 g/mol. The van der Waals surface area contributed by atoms with Crippen LogP contribution < -0.4 is 5.32 Å². The Morgan fingerprint density at radius 3 is 2.43 bits per heavy atom. The van der Waals surface area contributed by atoms with E-state index in [1.165, 1.54) is 11.1 Å². The lowest BCUT2D eigenvalue weighted by molar-refractivity contribution is 0.171. The summed E-state index contributed by atoms with van der Waals surface area (Å²) in [4.78, 5) is 0. The Balaban J connectivity index is 1.98. The van der Waals surface area contributed by atoms with E-state index in [9.17, 15) is 5.11 Å². The monoisotopic (exact) mass is 323 g/mol. The summed E-state index contributed by atoms with van der Waals surface area (Å²) >= 11 is 12.0. The Hall–Kier alpha value is -1.06. The van der Waals surface area contributed by atoms with E-state index >= 15 is 0 Å². The van der Waals surface area contributed by atoms with Crippen LogP contribution in [-0.4, -0.2) is 11.7 Å². The first-order valence-electron chi connectivity index (χ1n) is 6.90. The molecule has 21 heavy (non-hydrogen) atoms. The van der Waals surface area contributed by atoms with Gasteiger partial charge in [0.15, 0.2) is 0 Å². The molecule has 0 fully saturated rings. The van der Waals surface area contributed by atoms with E-state index in [1.807, 2.05) is 0 Å². The molecular formula is C17H19Cl2NO. The van der Waals surface area contributed by atoms with Crippen molar-refractivity contribution in [1.29, 1.82) is 0 Å². The van der Waals surface area contributed by atoms with Crippen LogP contribution in [0.3, 0.4) is 0 Å². The Kier molecular flexibility index (Phi) is 5.65. The Morgan fingerprint density at radius 2 is 1.76 bits per heavy atom. The molecule has 0 aliphatic heterocycles. The fraction of sp³-hybridized carbons (Fsp3) is 0.294. The number of aryl methyl sites for hydroxylation is 1. The molecule has 2 aromatic rings. The summed E-state index contributed by atoms with van der Waals surface area (Å²) in [6, 6.07) is 13.6. The van der Waals surface area contributed by atoms with Crippen molar-refractivity contribution < 1.29 is 5.11 Å². The summed E-state index contributed by atoms with van der Waals surface area (Å²) in [6.07, 6.45) is -0.691. The number of rotatable bonds is 5. The number of nitrogens with one attached hydrogen (secondary N) is 1. The lowest BCUT2D eigenvalue weighted by atomic mass is 10.1. The van der Waals surface area contributed by atoms with Crippen molar-refractivity contribution in [2.24, 2.45) is 0 Å². The second-order valence-corrected chi connectivity index (χ2v) is 6.07. The molecule has 0 saturated heterocycles. The van der Waals surface area contributed by atoms with Crippen molar-refractivity contribution in [3.8, 4) is 0 Å². The predicted molar refractivity (Wildman–Crippen MR) is 89.0 cm³/mol. The highest BCUT2D eigenvalue weighted by atomic mass is 35.5. The summed E-state index contributed by atoms with van der Waals surface area (Å²) in [7, 11) is 0. The largest absolute Gasteiger partial charge is 0.387 e. The van der Waals surface area contributed by atoms with Crippen LogP contribution in [0.2, 0.25) is 10.0 Å². The van der Waals surface area contributed by atoms with Crippen molar-refractivity contribution in [2.75, 3.05) is 6.54 Å². The first-order chi connectivity index (χ1) is 9.97. The highest BCUT2D eigenvalue weighted by molar-refractivity contribution is 6.33. The van der Waals surface area contributed by atoms with Gasteiger partial charge in [-0.15, -0.1) is 0 Å². The fourth-order valence-corrected chi connectivity index (χ4v) is 2.57. The first-order valence-corrected chi connectivity index (χ1v) is 7.66. The minimum atomic E-state index is -0.691. The minimum Gasteiger partial charge on any atom is -0.387 e. The van der Waals surface area contributed by atoms with Gasteiger partial charge in [0.2, 0.25) is 0 Å². The molecule has 0 amide bonds. The van der Waals surface area contributed by atoms with E-state index in [-0.39, 0.29) is 6.04 Å². The Labute approximate surface area is 135 Å². The van der Waals surface area contributed by atoms with Crippen LogP contribution in [0.25, 0.3) is 0 Å². The molecule has 0 aliphatic carbocycles. The van der Waals surface area contributed by atoms with Crippen LogP contribution >= 0.6 is 23.2 Å². The molecule has 0 aromatic heterocycles. The van der Waals surface area contributed by atoms with Crippen molar-refractivity contribution in [3.63, 3.8) is 0 Å². The minimum absolute atomic E-state index is 0.151. The standard InChI is InChI=1S/C17H19Cl2NO/c1-11-3-5-13(6-4-11)12(2)20-10-17(21)15-9-14(18)7-8-16(15)19/h3-9,12,17,20-21H,10H2,1-2H3/t12-,17?/m0/s1. The van der Waals surface area contributed by atoms with Gasteiger partial charge in [-0.3, -0.25) is 0 Å². The molecule has 2 N–H and O–H groups in total. The molecule has 0 radical (unpaired) electrons. The molecule has 0 aliphatic rings. The van der Waals surface area contributed by atoms with Crippen LogP contribution in [-0.2, 0) is 0 Å². The lowest BCUT2D eigenvalue weighted by Gasteiger charge is -2.19. The van der Waals surface area contributed by atoms with Gasteiger partial charge in [-0.1, -0.05) is 53.0 Å². The summed E-state index contributed by atoms with van der Waals surface area (Å²) in [6.45, 7) is 4.54. The molecule has 0 heterocycles. The zero-order valence-corrected chi connectivity index (χ0v) is 13.6. The second kappa shape index (κ2) is 7.28. The van der Waals surface area contributed by atoms with Crippen LogP contribution in [0, 0.1) is 6.92 Å². The van der Waals surface area contributed by atoms with Crippen LogP contribution in [0.5, 0.6) is 0 Å². The van der Waals surface area contributed by atoms with Crippen molar-refractivity contribution in [3.05, 3.63) is 69.2 Å². The molecule has 0 saturated carbocycles. The number of benzene rings is 2. The van der Waals surface area contributed by atoms with E-state index in [0.29, 0.717) is 22.2 Å². The zero-order chi connectivity index (χ0) is 15.4. The maximum atomic E-state index is 10.3. The van der Waals surface area contributed by atoms with Crippen LogP contribution in [0.1, 0.15) is 35.8 Å². The van der Waals surface area contributed by atoms with Crippen molar-refractivity contribution in [2.45, 2.75) is 26.0 Å². The SMILES string of the molecule is Cc1ccc([C@H](C)NCC(O)c2cc(Cl)ccc2Cl)cc1. The first kappa shape index (κ1) is 16.3. The number of halogens is 2. The molecule has 2 aromatic carbocycles. The summed E-state index contributed by atoms with van der Waals surface area (Å²) in [5.41, 5.74) is 3.06. The topological polar surface area (TPSA) is 32.3 Å². The van der Waals surface area contributed by atoms with E-state index in [2.05, 4.69) is 43.4 Å². The van der Waals surface area contributed by atoms with E-state index < -0.39 is 6.10 Å². The van der Waals surface area contributed by atoms with E-state index in [0.717, 1.165) is 0 Å². The third-order valence-electron chi connectivity index (χ3n) is 3.51. The molecule has 0 spiro atoms. The highest BCUT2D eigenvalue weighted by Crippen LogP contribution is 2.26. The normalized spacial score (nSPS) is 14.0. The zero-order valence-electron chi connectivity index (χ0n) is 12.1. The van der Waals surface area contributed by atoms with Crippen LogP contribution in [0.15, 0.2) is 42.5 Å². The molecule has 2 atom stereocenters. The Bertz CT molecular complexity index is 598. The van der Waals surface area contributed by atoms with Gasteiger partial charge < -0.3 is 10.4 Å². The quantitative estimate of drug-likeness (QED) is 0.836. The van der Waals surface area contributed by atoms with Crippen molar-refractivity contribution in [1.82, 2.24) is 5.32 Å². The molecule has 0 bridgehead atoms. The van der Waals surface area contributed by atoms with Crippen molar-refractivity contribution >= 4 is 23.2 Å². The van der Waals surface area contributed by atoms with E-state index in [1.54, 1.807) is 18.2 Å². The maximum absolute atomic E-state index is 10.3. The predicted octanol–water partition coefficient (Wildman–Crippen LogP) is 4.69. The van der Waals surface area contributed by atoms with Crippen LogP contribution in [0.4, 0.5) is 0 Å². The average molecular weight is 324 g/mol. The van der Waals surface area contributed by atoms with E-state index in [4.69, 9.17) is 23.2 Å². The van der Waals surface area contributed by atoms with Gasteiger partial charge in [0.05, 0.1) is 6.10 Å². The van der Waals surface area contributed by atoms with Gasteiger partial charge in [0.25, 0.3) is 0 Å². The number of hydrogen-bond donors (Lipinski definition) is 2. The fourth-order valence-electron chi connectivity index (χ4n) is 2.14. The molecule has 4 heteroatoms. The lowest BCUT2D eigenvalue weighted by Crippen LogP contribution is -2.24.